The molecule has 2 atom stereocenters. The standard InChI is InChI=1S/C13H24N2O5S/c1-13(2,3)20-12(19)15(6)8(10(16)14(4)5)7-9(21)11(17)18/h8-9,21H,7H2,1-6H3,(H,17,18). The molecule has 0 aromatic rings. The van der Waals surface area contributed by atoms with Gasteiger partial charge in [0.15, 0.2) is 0 Å². The zero-order chi connectivity index (χ0) is 17.0. The molecule has 0 rings (SSSR count). The minimum absolute atomic E-state index is 0.106. The lowest BCUT2D eigenvalue weighted by atomic mass is 10.1. The first-order chi connectivity index (χ1) is 9.36. The Kier molecular flexibility index (Phi) is 7.02. The Balaban J connectivity index is 5.15. The Morgan fingerprint density at radius 1 is 1.19 bits per heavy atom. The van der Waals surface area contributed by atoms with E-state index in [2.05, 4.69) is 12.6 Å². The van der Waals surface area contributed by atoms with Gasteiger partial charge in [0.25, 0.3) is 0 Å². The molecule has 0 fully saturated rings. The van der Waals surface area contributed by atoms with Crippen LogP contribution in [-0.2, 0) is 14.3 Å². The van der Waals surface area contributed by atoms with E-state index in [1.165, 1.54) is 26.0 Å². The average Bonchev–Trinajstić information content (AvgIpc) is 2.31. The number of likely N-dealkylation sites (N-methyl/N-ethyl adjacent to an activating group) is 2. The van der Waals surface area contributed by atoms with Crippen LogP contribution in [-0.4, -0.2) is 70.9 Å². The van der Waals surface area contributed by atoms with Crippen LogP contribution in [0.15, 0.2) is 0 Å². The third-order valence-corrected chi connectivity index (χ3v) is 3.04. The number of thiol groups is 1. The zero-order valence-corrected chi connectivity index (χ0v) is 14.2. The van der Waals surface area contributed by atoms with Crippen molar-refractivity contribution in [3.63, 3.8) is 0 Å². The van der Waals surface area contributed by atoms with Crippen LogP contribution in [0.25, 0.3) is 0 Å². The van der Waals surface area contributed by atoms with Gasteiger partial charge in [0, 0.05) is 21.1 Å². The summed E-state index contributed by atoms with van der Waals surface area (Å²) >= 11 is 3.93. The number of carboxylic acids is 1. The Bertz CT molecular complexity index is 406. The van der Waals surface area contributed by atoms with Gasteiger partial charge in [-0.15, -0.1) is 0 Å². The summed E-state index contributed by atoms with van der Waals surface area (Å²) in [5.41, 5.74) is -0.704. The van der Waals surface area contributed by atoms with E-state index < -0.39 is 29.0 Å². The normalized spacial score (nSPS) is 14.0. The maximum Gasteiger partial charge on any atom is 0.410 e. The van der Waals surface area contributed by atoms with Gasteiger partial charge >= 0.3 is 12.1 Å². The number of carbonyl (C=O) groups excluding carboxylic acids is 2. The Hall–Kier alpha value is -1.44. The molecule has 122 valence electrons. The van der Waals surface area contributed by atoms with Crippen LogP contribution in [0.5, 0.6) is 0 Å². The predicted octanol–water partition coefficient (Wildman–Crippen LogP) is 1.08. The molecule has 7 nitrogen and oxygen atoms in total. The van der Waals surface area contributed by atoms with Crippen molar-refractivity contribution in [2.24, 2.45) is 0 Å². The Morgan fingerprint density at radius 2 is 1.67 bits per heavy atom. The number of nitrogens with zero attached hydrogens (tertiary/aromatic N) is 2. The summed E-state index contributed by atoms with van der Waals surface area (Å²) in [5.74, 6) is -1.53. The van der Waals surface area contributed by atoms with Crippen LogP contribution in [0.2, 0.25) is 0 Å². The molecule has 0 spiro atoms. The fourth-order valence-electron chi connectivity index (χ4n) is 1.50. The highest BCUT2D eigenvalue weighted by molar-refractivity contribution is 7.81. The number of amides is 2. The molecular weight excluding hydrogens is 296 g/mol. The average molecular weight is 320 g/mol. The molecule has 2 unspecified atom stereocenters. The van der Waals surface area contributed by atoms with Crippen molar-refractivity contribution in [3.05, 3.63) is 0 Å². The Morgan fingerprint density at radius 3 is 2.00 bits per heavy atom. The van der Waals surface area contributed by atoms with E-state index in [9.17, 15) is 14.4 Å². The maximum absolute atomic E-state index is 12.2. The number of carboxylic acid groups (broad SMARTS) is 1. The molecule has 8 heteroatoms. The number of hydrogen-bond donors (Lipinski definition) is 2. The van der Waals surface area contributed by atoms with Gasteiger partial charge in [-0.1, -0.05) is 0 Å². The van der Waals surface area contributed by atoms with Crippen LogP contribution in [0, 0.1) is 0 Å². The van der Waals surface area contributed by atoms with Gasteiger partial charge in [-0.25, -0.2) is 4.79 Å². The molecule has 0 bridgehead atoms. The SMILES string of the molecule is CN(C)C(=O)C(CC(S)C(=O)O)N(C)C(=O)OC(C)(C)C. The summed E-state index contributed by atoms with van der Waals surface area (Å²) in [5, 5.41) is 7.87. The monoisotopic (exact) mass is 320 g/mol. The molecule has 0 heterocycles. The summed E-state index contributed by atoms with van der Waals surface area (Å²) in [6.45, 7) is 5.13. The fraction of sp³-hybridized carbons (Fsp3) is 0.769. The smallest absolute Gasteiger partial charge is 0.410 e. The van der Waals surface area contributed by atoms with Gasteiger partial charge in [0.1, 0.15) is 16.9 Å². The van der Waals surface area contributed by atoms with Crippen molar-refractivity contribution in [3.8, 4) is 0 Å². The third-order valence-electron chi connectivity index (χ3n) is 2.61. The molecule has 21 heavy (non-hydrogen) atoms. The van der Waals surface area contributed by atoms with Crippen LogP contribution < -0.4 is 0 Å². The summed E-state index contributed by atoms with van der Waals surface area (Å²) in [4.78, 5) is 37.5. The lowest BCUT2D eigenvalue weighted by molar-refractivity contribution is -0.138. The molecule has 0 saturated carbocycles. The first kappa shape index (κ1) is 19.6. The summed E-state index contributed by atoms with van der Waals surface area (Å²) in [6.07, 6.45) is -0.792. The van der Waals surface area contributed by atoms with E-state index in [1.807, 2.05) is 0 Å². The van der Waals surface area contributed by atoms with Crippen LogP contribution in [0.3, 0.4) is 0 Å². The van der Waals surface area contributed by atoms with E-state index in [4.69, 9.17) is 9.84 Å². The quantitative estimate of drug-likeness (QED) is 0.740. The van der Waals surface area contributed by atoms with E-state index in [0.717, 1.165) is 4.90 Å². The second-order valence-corrected chi connectivity index (χ2v) is 6.55. The molecular formula is C13H24N2O5S. The molecule has 0 radical (unpaired) electrons. The first-order valence-corrected chi connectivity index (χ1v) is 6.96. The predicted molar refractivity (Wildman–Crippen MR) is 81.5 cm³/mol. The number of aliphatic carboxylic acids is 1. The van der Waals surface area contributed by atoms with Gasteiger partial charge in [-0.05, 0) is 27.2 Å². The van der Waals surface area contributed by atoms with E-state index in [-0.39, 0.29) is 12.3 Å². The lowest BCUT2D eigenvalue weighted by Crippen LogP contribution is -2.50. The maximum atomic E-state index is 12.2. The van der Waals surface area contributed by atoms with Crippen molar-refractivity contribution in [1.29, 1.82) is 0 Å². The number of rotatable bonds is 5. The highest BCUT2D eigenvalue weighted by Gasteiger charge is 2.34. The van der Waals surface area contributed by atoms with Crippen molar-refractivity contribution in [2.45, 2.75) is 44.1 Å². The van der Waals surface area contributed by atoms with Gasteiger partial charge in [0.2, 0.25) is 5.91 Å². The van der Waals surface area contributed by atoms with E-state index in [1.54, 1.807) is 20.8 Å². The Labute approximate surface area is 130 Å². The number of carbonyl (C=O) groups is 3. The third kappa shape index (κ3) is 6.70. The van der Waals surface area contributed by atoms with Gasteiger partial charge in [0.05, 0.1) is 0 Å². The summed E-state index contributed by atoms with van der Waals surface area (Å²) in [6, 6.07) is -0.951. The summed E-state index contributed by atoms with van der Waals surface area (Å²) < 4.78 is 5.20. The second kappa shape index (κ2) is 7.53. The molecule has 1 N–H and O–H groups in total. The second-order valence-electron chi connectivity index (χ2n) is 5.93. The molecule has 0 aromatic heterocycles. The van der Waals surface area contributed by atoms with Crippen molar-refractivity contribution in [1.82, 2.24) is 9.80 Å². The molecule has 0 aliphatic carbocycles. The van der Waals surface area contributed by atoms with Crippen molar-refractivity contribution < 1.29 is 24.2 Å². The molecule has 0 aromatic carbocycles. The number of hydrogen-bond acceptors (Lipinski definition) is 5. The minimum Gasteiger partial charge on any atom is -0.480 e. The minimum atomic E-state index is -1.15. The van der Waals surface area contributed by atoms with Gasteiger partial charge in [-0.2, -0.15) is 12.6 Å². The zero-order valence-electron chi connectivity index (χ0n) is 13.3. The topological polar surface area (TPSA) is 87.2 Å². The first-order valence-electron chi connectivity index (χ1n) is 6.44. The molecule has 0 aliphatic rings. The van der Waals surface area contributed by atoms with Crippen LogP contribution >= 0.6 is 12.6 Å². The fourth-order valence-corrected chi connectivity index (χ4v) is 1.70. The molecule has 2 amide bonds. The van der Waals surface area contributed by atoms with Gasteiger partial charge in [-0.3, -0.25) is 14.5 Å². The lowest BCUT2D eigenvalue weighted by Gasteiger charge is -2.32. The molecule has 0 saturated heterocycles. The number of ether oxygens (including phenoxy) is 1. The molecule has 0 aliphatic heterocycles. The summed E-state index contributed by atoms with van der Waals surface area (Å²) in [7, 11) is 4.47. The van der Waals surface area contributed by atoms with Crippen LogP contribution in [0.1, 0.15) is 27.2 Å². The van der Waals surface area contributed by atoms with Crippen molar-refractivity contribution >= 4 is 30.6 Å². The van der Waals surface area contributed by atoms with Crippen molar-refractivity contribution in [2.75, 3.05) is 21.1 Å². The highest BCUT2D eigenvalue weighted by Crippen LogP contribution is 2.16. The van der Waals surface area contributed by atoms with E-state index in [0.29, 0.717) is 0 Å². The highest BCUT2D eigenvalue weighted by atomic mass is 32.1. The van der Waals surface area contributed by atoms with E-state index >= 15 is 0 Å². The largest absolute Gasteiger partial charge is 0.480 e. The van der Waals surface area contributed by atoms with Crippen LogP contribution in [0.4, 0.5) is 4.79 Å². The van der Waals surface area contributed by atoms with Gasteiger partial charge < -0.3 is 14.7 Å².